The van der Waals surface area contributed by atoms with Crippen molar-refractivity contribution < 1.29 is 4.79 Å². The minimum Gasteiger partial charge on any atom is -0.380 e. The molecule has 0 radical (unpaired) electrons. The Hall–Kier alpha value is -2.02. The first-order valence-electron chi connectivity index (χ1n) is 11.1. The van der Waals surface area contributed by atoms with E-state index in [-0.39, 0.29) is 23.8 Å². The summed E-state index contributed by atoms with van der Waals surface area (Å²) in [5, 5.41) is 7.85. The van der Waals surface area contributed by atoms with Crippen molar-refractivity contribution in [2.75, 3.05) is 5.32 Å². The van der Waals surface area contributed by atoms with Gasteiger partial charge in [0.15, 0.2) is 5.78 Å². The van der Waals surface area contributed by atoms with E-state index in [4.69, 9.17) is 0 Å². The number of halogens is 1. The number of carbonyl (C=O) groups is 1. The van der Waals surface area contributed by atoms with Gasteiger partial charge in [-0.25, -0.2) is 4.68 Å². The van der Waals surface area contributed by atoms with E-state index >= 15 is 0 Å². The molecule has 3 aliphatic rings. The minimum atomic E-state index is -0.274. The number of aromatic nitrogens is 3. The average Bonchev–Trinajstić information content (AvgIpc) is 2.74. The van der Waals surface area contributed by atoms with Gasteiger partial charge >= 0.3 is 0 Å². The van der Waals surface area contributed by atoms with Gasteiger partial charge in [-0.05, 0) is 75.6 Å². The number of pyridine rings is 1. The summed E-state index contributed by atoms with van der Waals surface area (Å²) in [6.07, 6.45) is 7.90. The molecule has 5 rings (SSSR count). The summed E-state index contributed by atoms with van der Waals surface area (Å²) >= 11 is 3.45. The predicted molar refractivity (Wildman–Crippen MR) is 125 cm³/mol. The summed E-state index contributed by atoms with van der Waals surface area (Å²) in [5.74, 6) is 2.05. The smallest absolute Gasteiger partial charge is 0.283 e. The van der Waals surface area contributed by atoms with Crippen molar-refractivity contribution >= 4 is 27.4 Å². The van der Waals surface area contributed by atoms with Gasteiger partial charge in [-0.3, -0.25) is 14.6 Å². The van der Waals surface area contributed by atoms with Gasteiger partial charge in [-0.1, -0.05) is 27.7 Å². The molecule has 3 saturated carbocycles. The summed E-state index contributed by atoms with van der Waals surface area (Å²) in [5.41, 5.74) is 1.93. The molecule has 3 fully saturated rings. The standard InChI is InChI=1S/C24H31BrN4O2/c1-14(16-5-7-26-8-6-16)9-18(30)13-29-23(31)22(25)21(12-27-29)28-20-11-17-10-19(15(20)2)24(17,3)4/h5-8,12,14-15,17,19-20,28H,9-11,13H2,1-4H3/t14?,15-,17-,19+,20-/m1/s1. The van der Waals surface area contributed by atoms with Crippen molar-refractivity contribution in [3.63, 3.8) is 0 Å². The van der Waals surface area contributed by atoms with Crippen molar-refractivity contribution in [3.8, 4) is 0 Å². The molecular formula is C24H31BrN4O2. The zero-order valence-corrected chi connectivity index (χ0v) is 20.2. The van der Waals surface area contributed by atoms with Crippen LogP contribution in [-0.4, -0.2) is 26.6 Å². The summed E-state index contributed by atoms with van der Waals surface area (Å²) in [7, 11) is 0. The Bertz CT molecular complexity index is 1020. The number of nitrogens with one attached hydrogen (secondary N) is 1. The average molecular weight is 487 g/mol. The summed E-state index contributed by atoms with van der Waals surface area (Å²) in [6.45, 7) is 9.05. The second kappa shape index (κ2) is 8.49. The Morgan fingerprint density at radius 2 is 2.03 bits per heavy atom. The fourth-order valence-electron chi connectivity index (χ4n) is 5.60. The maximum atomic E-state index is 12.8. The lowest BCUT2D eigenvalue weighted by Gasteiger charge is -2.62. The molecule has 6 nitrogen and oxygen atoms in total. The number of anilines is 1. The van der Waals surface area contributed by atoms with E-state index < -0.39 is 0 Å². The van der Waals surface area contributed by atoms with Crippen LogP contribution in [0.1, 0.15) is 58.4 Å². The van der Waals surface area contributed by atoms with Gasteiger partial charge in [0.25, 0.3) is 5.56 Å². The second-order valence-electron chi connectivity index (χ2n) is 9.97. The van der Waals surface area contributed by atoms with Crippen LogP contribution in [0.4, 0.5) is 5.69 Å². The Morgan fingerprint density at radius 1 is 1.32 bits per heavy atom. The van der Waals surface area contributed by atoms with Crippen LogP contribution in [0.5, 0.6) is 0 Å². The Kier molecular flexibility index (Phi) is 6.08. The van der Waals surface area contributed by atoms with E-state index in [0.717, 1.165) is 29.5 Å². The Balaban J connectivity index is 1.41. The first-order valence-corrected chi connectivity index (χ1v) is 11.9. The van der Waals surface area contributed by atoms with Gasteiger partial charge in [0.05, 0.1) is 11.9 Å². The molecule has 5 atom stereocenters. The molecule has 1 unspecified atom stereocenters. The molecule has 2 aromatic rings. The molecule has 2 aromatic heterocycles. The third kappa shape index (κ3) is 4.21. The van der Waals surface area contributed by atoms with E-state index in [1.807, 2.05) is 19.1 Å². The number of Topliss-reactive ketones (excluding diaryl/α,β-unsaturated/α-hetero) is 1. The molecule has 31 heavy (non-hydrogen) atoms. The zero-order chi connectivity index (χ0) is 22.3. The molecule has 0 amide bonds. The second-order valence-corrected chi connectivity index (χ2v) is 10.8. The molecule has 0 aromatic carbocycles. The van der Waals surface area contributed by atoms with Crippen LogP contribution in [-0.2, 0) is 11.3 Å². The van der Waals surface area contributed by atoms with E-state index in [1.54, 1.807) is 18.6 Å². The highest BCUT2D eigenvalue weighted by Gasteiger charge is 2.56. The Morgan fingerprint density at radius 3 is 2.68 bits per heavy atom. The normalized spacial score (nSPS) is 27.3. The lowest BCUT2D eigenvalue weighted by Crippen LogP contribution is -2.58. The highest BCUT2D eigenvalue weighted by molar-refractivity contribution is 9.10. The third-order valence-corrected chi connectivity index (χ3v) is 8.58. The lowest BCUT2D eigenvalue weighted by atomic mass is 9.45. The SMILES string of the molecule is CC(CC(=O)Cn1ncc(N[C@@H]2C[C@H]3C[C@@H]([C@H]2C)C3(C)C)c(Br)c1=O)c1ccncc1. The maximum Gasteiger partial charge on any atom is 0.283 e. The number of carbonyl (C=O) groups excluding carboxylic acids is 1. The first-order chi connectivity index (χ1) is 14.7. The van der Waals surface area contributed by atoms with Crippen molar-refractivity contribution in [1.29, 1.82) is 0 Å². The molecule has 0 saturated heterocycles. The van der Waals surface area contributed by atoms with Crippen LogP contribution in [0.3, 0.4) is 0 Å². The number of hydrogen-bond donors (Lipinski definition) is 1. The fourth-order valence-corrected chi connectivity index (χ4v) is 6.02. The maximum absolute atomic E-state index is 12.8. The zero-order valence-electron chi connectivity index (χ0n) is 18.6. The molecular weight excluding hydrogens is 456 g/mol. The molecule has 2 bridgehead atoms. The van der Waals surface area contributed by atoms with Gasteiger partial charge in [-0.2, -0.15) is 5.10 Å². The topological polar surface area (TPSA) is 76.9 Å². The molecule has 7 heteroatoms. The van der Waals surface area contributed by atoms with Crippen molar-refractivity contribution in [1.82, 2.24) is 14.8 Å². The number of rotatable bonds is 7. The van der Waals surface area contributed by atoms with E-state index in [9.17, 15) is 9.59 Å². The fraction of sp³-hybridized carbons (Fsp3) is 0.583. The van der Waals surface area contributed by atoms with E-state index in [0.29, 0.717) is 28.3 Å². The van der Waals surface area contributed by atoms with Gasteiger partial charge in [0, 0.05) is 24.9 Å². The predicted octanol–water partition coefficient (Wildman–Crippen LogP) is 4.65. The van der Waals surface area contributed by atoms with Crippen molar-refractivity contribution in [2.45, 2.75) is 65.5 Å². The van der Waals surface area contributed by atoms with Crippen molar-refractivity contribution in [2.24, 2.45) is 23.2 Å². The lowest BCUT2D eigenvalue weighted by molar-refractivity contribution is -0.120. The quantitative estimate of drug-likeness (QED) is 0.616. The number of hydrogen-bond acceptors (Lipinski definition) is 5. The van der Waals surface area contributed by atoms with Crippen molar-refractivity contribution in [3.05, 3.63) is 51.1 Å². The summed E-state index contributed by atoms with van der Waals surface area (Å²) in [4.78, 5) is 29.4. The summed E-state index contributed by atoms with van der Waals surface area (Å²) < 4.78 is 1.70. The number of ketones is 1. The van der Waals surface area contributed by atoms with Gasteiger partial charge in [-0.15, -0.1) is 0 Å². The molecule has 0 spiro atoms. The minimum absolute atomic E-state index is 0.0188. The summed E-state index contributed by atoms with van der Waals surface area (Å²) in [6, 6.07) is 4.17. The molecule has 166 valence electrons. The van der Waals surface area contributed by atoms with Gasteiger partial charge < -0.3 is 5.32 Å². The molecule has 3 aliphatic carbocycles. The highest BCUT2D eigenvalue weighted by Crippen LogP contribution is 2.61. The van der Waals surface area contributed by atoms with Gasteiger partial charge in [0.1, 0.15) is 11.0 Å². The van der Waals surface area contributed by atoms with Crippen LogP contribution < -0.4 is 10.9 Å². The first kappa shape index (κ1) is 22.2. The monoisotopic (exact) mass is 486 g/mol. The van der Waals surface area contributed by atoms with Crippen LogP contribution in [0.2, 0.25) is 0 Å². The van der Waals surface area contributed by atoms with Crippen LogP contribution in [0, 0.1) is 23.2 Å². The molecule has 0 aliphatic heterocycles. The van der Waals surface area contributed by atoms with E-state index in [2.05, 4.69) is 52.1 Å². The van der Waals surface area contributed by atoms with Crippen LogP contribution in [0.15, 0.2) is 40.0 Å². The highest BCUT2D eigenvalue weighted by atomic mass is 79.9. The molecule has 2 heterocycles. The van der Waals surface area contributed by atoms with Crippen LogP contribution in [0.25, 0.3) is 0 Å². The number of nitrogens with zero attached hydrogens (tertiary/aromatic N) is 3. The van der Waals surface area contributed by atoms with Crippen LogP contribution >= 0.6 is 15.9 Å². The molecule has 1 N–H and O–H groups in total. The Labute approximate surface area is 192 Å². The van der Waals surface area contributed by atoms with Gasteiger partial charge in [0.2, 0.25) is 0 Å². The third-order valence-electron chi connectivity index (χ3n) is 7.82. The van der Waals surface area contributed by atoms with E-state index in [1.165, 1.54) is 11.1 Å². The number of fused-ring (bicyclic) bond motifs is 2. The largest absolute Gasteiger partial charge is 0.380 e.